The first-order valence-electron chi connectivity index (χ1n) is 7.86. The van der Waals surface area contributed by atoms with Gasteiger partial charge in [0.1, 0.15) is 18.3 Å². The van der Waals surface area contributed by atoms with Crippen molar-refractivity contribution in [1.82, 2.24) is 15.0 Å². The summed E-state index contributed by atoms with van der Waals surface area (Å²) in [5.74, 6) is 0. The minimum Gasteiger partial charge on any atom is -0.379 e. The van der Waals surface area contributed by atoms with E-state index in [4.69, 9.17) is 14.2 Å². The fraction of sp³-hybridized carbons (Fsp3) is 0.733. The molecule has 23 heavy (non-hydrogen) atoms. The summed E-state index contributed by atoms with van der Waals surface area (Å²) in [6.45, 7) is 3.51. The zero-order valence-corrected chi connectivity index (χ0v) is 13.4. The van der Waals surface area contributed by atoms with Crippen molar-refractivity contribution in [1.29, 1.82) is 0 Å². The van der Waals surface area contributed by atoms with E-state index in [9.17, 15) is 9.59 Å². The molecule has 0 spiro atoms. The number of nitrogens with zero attached hydrogens (tertiary/aromatic N) is 3. The van der Waals surface area contributed by atoms with E-state index in [0.29, 0.717) is 52.5 Å². The van der Waals surface area contributed by atoms with Crippen LogP contribution in [0.3, 0.4) is 0 Å². The van der Waals surface area contributed by atoms with E-state index in [0.717, 1.165) is 37.7 Å². The Morgan fingerprint density at radius 1 is 0.913 bits per heavy atom. The molecule has 0 bridgehead atoms. The average Bonchev–Trinajstić information content (AvgIpc) is 3.01. The van der Waals surface area contributed by atoms with Gasteiger partial charge in [-0.15, -0.1) is 5.10 Å². The normalized spacial score (nSPS) is 10.8. The Bertz CT molecular complexity index is 425. The predicted molar refractivity (Wildman–Crippen MR) is 81.9 cm³/mol. The van der Waals surface area contributed by atoms with Gasteiger partial charge >= 0.3 is 0 Å². The third-order valence-electron chi connectivity index (χ3n) is 2.92. The maximum Gasteiger partial charge on any atom is 0.122 e. The minimum absolute atomic E-state index is 0.396. The molecule has 0 aliphatic carbocycles. The lowest BCUT2D eigenvalue weighted by molar-refractivity contribution is -0.109. The summed E-state index contributed by atoms with van der Waals surface area (Å²) in [7, 11) is 0. The molecule has 130 valence electrons. The number of aldehydes is 2. The van der Waals surface area contributed by atoms with Crippen LogP contribution in [0, 0.1) is 0 Å². The van der Waals surface area contributed by atoms with Crippen LogP contribution in [0.4, 0.5) is 0 Å². The third-order valence-corrected chi connectivity index (χ3v) is 2.92. The highest BCUT2D eigenvalue weighted by atomic mass is 16.5. The van der Waals surface area contributed by atoms with Gasteiger partial charge in [-0.1, -0.05) is 5.21 Å². The van der Waals surface area contributed by atoms with Gasteiger partial charge in [-0.2, -0.15) is 0 Å². The second-order valence-electron chi connectivity index (χ2n) is 4.87. The van der Waals surface area contributed by atoms with Crippen LogP contribution in [0.15, 0.2) is 6.20 Å². The van der Waals surface area contributed by atoms with E-state index in [1.807, 2.05) is 6.20 Å². The van der Waals surface area contributed by atoms with Gasteiger partial charge in [0.25, 0.3) is 0 Å². The van der Waals surface area contributed by atoms with Gasteiger partial charge in [0.15, 0.2) is 0 Å². The van der Waals surface area contributed by atoms with Gasteiger partial charge in [-0.05, 0) is 12.8 Å². The fourth-order valence-electron chi connectivity index (χ4n) is 1.76. The minimum atomic E-state index is 0.396. The Labute approximate surface area is 136 Å². The fourth-order valence-corrected chi connectivity index (χ4v) is 1.76. The Morgan fingerprint density at radius 3 is 2.35 bits per heavy atom. The van der Waals surface area contributed by atoms with Gasteiger partial charge < -0.3 is 23.8 Å². The Kier molecular flexibility index (Phi) is 11.8. The number of hydrogen-bond donors (Lipinski definition) is 0. The Morgan fingerprint density at radius 2 is 1.61 bits per heavy atom. The highest BCUT2D eigenvalue weighted by Crippen LogP contribution is 2.00. The van der Waals surface area contributed by atoms with Gasteiger partial charge in [0, 0.05) is 19.4 Å². The summed E-state index contributed by atoms with van der Waals surface area (Å²) in [5.41, 5.74) is 0.776. The molecule has 0 saturated carbocycles. The number of aromatic nitrogens is 3. The number of carbonyl (C=O) groups is 2. The monoisotopic (exact) mass is 327 g/mol. The second kappa shape index (κ2) is 14.0. The molecule has 0 amide bonds. The summed E-state index contributed by atoms with van der Waals surface area (Å²) in [5, 5.41) is 8.02. The molecule has 1 aromatic heterocycles. The molecular formula is C15H25N3O5. The van der Waals surface area contributed by atoms with Crippen LogP contribution < -0.4 is 0 Å². The number of unbranched alkanes of at least 4 members (excludes halogenated alkanes) is 2. The molecule has 0 saturated heterocycles. The van der Waals surface area contributed by atoms with Crippen molar-refractivity contribution >= 4 is 12.6 Å². The van der Waals surface area contributed by atoms with Crippen molar-refractivity contribution in [2.45, 2.75) is 38.8 Å². The topological polar surface area (TPSA) is 92.5 Å². The summed E-state index contributed by atoms with van der Waals surface area (Å²) < 4.78 is 17.7. The van der Waals surface area contributed by atoms with Crippen LogP contribution >= 0.6 is 0 Å². The lowest BCUT2D eigenvalue weighted by Gasteiger charge is -2.05. The maximum absolute atomic E-state index is 10.2. The number of hydrogen-bond acceptors (Lipinski definition) is 7. The maximum atomic E-state index is 10.2. The number of rotatable bonds is 16. The van der Waals surface area contributed by atoms with Crippen LogP contribution in [0.2, 0.25) is 0 Å². The first kappa shape index (κ1) is 19.4. The van der Waals surface area contributed by atoms with E-state index in [1.54, 1.807) is 4.68 Å². The molecule has 0 radical (unpaired) electrons. The van der Waals surface area contributed by atoms with E-state index < -0.39 is 0 Å². The van der Waals surface area contributed by atoms with E-state index >= 15 is 0 Å². The Hall–Kier alpha value is -1.64. The smallest absolute Gasteiger partial charge is 0.122 e. The highest BCUT2D eigenvalue weighted by molar-refractivity contribution is 5.49. The van der Waals surface area contributed by atoms with E-state index in [-0.39, 0.29) is 0 Å². The quantitative estimate of drug-likeness (QED) is 0.327. The molecule has 1 heterocycles. The molecule has 0 N–H and O–H groups in total. The van der Waals surface area contributed by atoms with Gasteiger partial charge in [-0.3, -0.25) is 4.68 Å². The van der Waals surface area contributed by atoms with Crippen molar-refractivity contribution in [3.05, 3.63) is 11.9 Å². The molecule has 0 fully saturated rings. The number of carbonyl (C=O) groups excluding carboxylic acids is 2. The zero-order chi connectivity index (χ0) is 16.6. The van der Waals surface area contributed by atoms with E-state index in [1.165, 1.54) is 0 Å². The van der Waals surface area contributed by atoms with Gasteiger partial charge in [0.05, 0.1) is 45.8 Å². The molecule has 1 rings (SSSR count). The van der Waals surface area contributed by atoms with Crippen LogP contribution in [0.25, 0.3) is 0 Å². The van der Waals surface area contributed by atoms with Crippen LogP contribution in [0.5, 0.6) is 0 Å². The Balaban J connectivity index is 1.94. The summed E-state index contributed by atoms with van der Waals surface area (Å²) >= 11 is 0. The average molecular weight is 327 g/mol. The van der Waals surface area contributed by atoms with E-state index in [2.05, 4.69) is 10.3 Å². The van der Waals surface area contributed by atoms with Crippen molar-refractivity contribution in [2.75, 3.05) is 33.0 Å². The lowest BCUT2D eigenvalue weighted by atomic mass is 10.2. The van der Waals surface area contributed by atoms with Crippen LogP contribution in [-0.2, 0) is 37.0 Å². The summed E-state index contributed by atoms with van der Waals surface area (Å²) in [6, 6.07) is 0. The largest absolute Gasteiger partial charge is 0.379 e. The summed E-state index contributed by atoms with van der Waals surface area (Å²) in [6.07, 6.45) is 6.39. The first-order valence-corrected chi connectivity index (χ1v) is 7.86. The highest BCUT2D eigenvalue weighted by Gasteiger charge is 2.01. The lowest BCUT2D eigenvalue weighted by Crippen LogP contribution is -2.10. The predicted octanol–water partition coefficient (Wildman–Crippen LogP) is 0.786. The number of ether oxygens (including phenoxy) is 3. The van der Waals surface area contributed by atoms with Gasteiger partial charge in [-0.25, -0.2) is 0 Å². The second-order valence-corrected chi connectivity index (χ2v) is 4.87. The molecule has 8 nitrogen and oxygen atoms in total. The molecule has 0 aromatic carbocycles. The van der Waals surface area contributed by atoms with Crippen LogP contribution in [0.1, 0.15) is 31.4 Å². The molecule has 8 heteroatoms. The number of aryl methyl sites for hydroxylation is 1. The first-order chi connectivity index (χ1) is 11.4. The molecular weight excluding hydrogens is 302 g/mol. The molecule has 0 unspecified atom stereocenters. The molecule has 0 aliphatic rings. The molecule has 1 aromatic rings. The molecule has 0 atom stereocenters. The standard InChI is InChI=1S/C15H25N3O5/c19-6-3-1-2-5-18-13-15(16-17-18)14-23-12-11-22-10-9-21-8-4-7-20/h6-7,13H,1-5,8-12,14H2. The third kappa shape index (κ3) is 10.7. The van der Waals surface area contributed by atoms with Crippen molar-refractivity contribution in [2.24, 2.45) is 0 Å². The van der Waals surface area contributed by atoms with Crippen molar-refractivity contribution in [3.8, 4) is 0 Å². The van der Waals surface area contributed by atoms with Gasteiger partial charge in [0.2, 0.25) is 0 Å². The zero-order valence-electron chi connectivity index (χ0n) is 13.4. The summed E-state index contributed by atoms with van der Waals surface area (Å²) in [4.78, 5) is 20.3. The SMILES string of the molecule is O=CCCCCn1cc(COCCOCCOCCC=O)nn1. The molecule has 0 aliphatic heterocycles. The van der Waals surface area contributed by atoms with Crippen molar-refractivity contribution in [3.63, 3.8) is 0 Å². The van der Waals surface area contributed by atoms with Crippen LogP contribution in [-0.4, -0.2) is 60.6 Å². The van der Waals surface area contributed by atoms with Crippen molar-refractivity contribution < 1.29 is 23.8 Å².